The Kier molecular flexibility index (Phi) is 4.61. The smallest absolute Gasteiger partial charge is 0.417 e. The molecule has 2 N–H and O–H groups in total. The van der Waals surface area contributed by atoms with Crippen molar-refractivity contribution in [3.63, 3.8) is 0 Å². The van der Waals surface area contributed by atoms with Crippen LogP contribution in [0, 0.1) is 5.92 Å². The highest BCUT2D eigenvalue weighted by Crippen LogP contribution is 2.33. The highest BCUT2D eigenvalue weighted by molar-refractivity contribution is 6.33. The van der Waals surface area contributed by atoms with E-state index in [0.29, 0.717) is 19.0 Å². The lowest BCUT2D eigenvalue weighted by Gasteiger charge is -2.28. The number of hydrogen-bond acceptors (Lipinski definition) is 3. The van der Waals surface area contributed by atoms with Gasteiger partial charge in [-0.1, -0.05) is 18.0 Å². The summed E-state index contributed by atoms with van der Waals surface area (Å²) in [4.78, 5) is 14.7. The third-order valence-electron chi connectivity index (χ3n) is 3.53. The topological polar surface area (TPSA) is 62.2 Å². The van der Waals surface area contributed by atoms with Crippen molar-refractivity contribution in [1.29, 1.82) is 0 Å². The maximum absolute atomic E-state index is 12.5. The number of nitrogens with zero attached hydrogens (tertiary/aromatic N) is 1. The van der Waals surface area contributed by atoms with E-state index in [1.165, 1.54) is 0 Å². The molecule has 2 atom stereocenters. The van der Waals surface area contributed by atoms with Crippen molar-refractivity contribution in [2.75, 3.05) is 5.32 Å². The number of halogens is 4. The number of anilines is 1. The molecule has 2 rings (SSSR count). The molecule has 8 heteroatoms. The number of rotatable bonds is 3. The Labute approximate surface area is 124 Å². The Balaban J connectivity index is 2.08. The van der Waals surface area contributed by atoms with Gasteiger partial charge in [-0.25, -0.2) is 4.98 Å². The summed E-state index contributed by atoms with van der Waals surface area (Å²) in [5, 5.41) is 11.8. The van der Waals surface area contributed by atoms with Crippen molar-refractivity contribution >= 4 is 23.4 Å². The van der Waals surface area contributed by atoms with Gasteiger partial charge >= 0.3 is 12.1 Å². The highest BCUT2D eigenvalue weighted by atomic mass is 35.5. The van der Waals surface area contributed by atoms with Gasteiger partial charge in [0.2, 0.25) is 0 Å². The van der Waals surface area contributed by atoms with E-state index in [1.807, 2.05) is 0 Å². The van der Waals surface area contributed by atoms with E-state index >= 15 is 0 Å². The number of carboxylic acids is 1. The molecule has 1 saturated carbocycles. The largest absolute Gasteiger partial charge is 0.481 e. The molecule has 0 aliphatic heterocycles. The summed E-state index contributed by atoms with van der Waals surface area (Å²) in [6.45, 7) is 0. The first-order valence-electron chi connectivity index (χ1n) is 6.49. The quantitative estimate of drug-likeness (QED) is 0.888. The average molecular weight is 323 g/mol. The molecule has 1 aliphatic carbocycles. The first kappa shape index (κ1) is 15.9. The molecule has 4 nitrogen and oxygen atoms in total. The Morgan fingerprint density at radius 3 is 2.71 bits per heavy atom. The number of aromatic nitrogens is 1. The van der Waals surface area contributed by atoms with E-state index in [-0.39, 0.29) is 16.9 Å². The number of nitrogens with one attached hydrogen (secondary N) is 1. The molecule has 0 radical (unpaired) electrons. The molecule has 2 unspecified atom stereocenters. The summed E-state index contributed by atoms with van der Waals surface area (Å²) >= 11 is 5.81. The maximum Gasteiger partial charge on any atom is 0.417 e. The molecule has 1 aromatic rings. The molecule has 21 heavy (non-hydrogen) atoms. The summed E-state index contributed by atoms with van der Waals surface area (Å²) in [7, 11) is 0. The second-order valence-electron chi connectivity index (χ2n) is 5.10. The van der Waals surface area contributed by atoms with Gasteiger partial charge in [0.05, 0.1) is 16.5 Å². The van der Waals surface area contributed by atoms with E-state index in [1.54, 1.807) is 0 Å². The van der Waals surface area contributed by atoms with Crippen LogP contribution in [0.1, 0.15) is 31.2 Å². The van der Waals surface area contributed by atoms with Gasteiger partial charge in [-0.05, 0) is 25.3 Å². The summed E-state index contributed by atoms with van der Waals surface area (Å²) in [5.41, 5.74) is -0.912. The lowest BCUT2D eigenvalue weighted by Crippen LogP contribution is -2.31. The van der Waals surface area contributed by atoms with Gasteiger partial charge in [-0.2, -0.15) is 13.2 Å². The fraction of sp³-hybridized carbons (Fsp3) is 0.538. The molecule has 1 aliphatic rings. The first-order valence-corrected chi connectivity index (χ1v) is 6.87. The Morgan fingerprint density at radius 2 is 2.14 bits per heavy atom. The molecule has 0 amide bonds. The van der Waals surface area contributed by atoms with E-state index in [9.17, 15) is 18.0 Å². The molecule has 0 spiro atoms. The molecular weight excluding hydrogens is 309 g/mol. The lowest BCUT2D eigenvalue weighted by molar-refractivity contribution is -0.143. The maximum atomic E-state index is 12.5. The monoisotopic (exact) mass is 322 g/mol. The van der Waals surface area contributed by atoms with E-state index < -0.39 is 23.6 Å². The molecule has 0 saturated heterocycles. The molecule has 116 valence electrons. The lowest BCUT2D eigenvalue weighted by atomic mass is 9.86. The van der Waals surface area contributed by atoms with Gasteiger partial charge in [-0.15, -0.1) is 0 Å². The second-order valence-corrected chi connectivity index (χ2v) is 5.50. The molecule has 1 heterocycles. The van der Waals surface area contributed by atoms with E-state index in [2.05, 4.69) is 10.3 Å². The zero-order valence-electron chi connectivity index (χ0n) is 11.0. The predicted octanol–water partition coefficient (Wildman–Crippen LogP) is 3.81. The molecule has 1 fully saturated rings. The highest BCUT2D eigenvalue weighted by Gasteiger charge is 2.32. The molecule has 0 bridgehead atoms. The van der Waals surface area contributed by atoms with Crippen LogP contribution in [0.5, 0.6) is 0 Å². The number of carbonyl (C=O) groups is 1. The summed E-state index contributed by atoms with van der Waals surface area (Å²) in [5.74, 6) is -1.14. The standard InChI is InChI=1S/C13H14ClF3N2O2/c14-10-5-8(13(15,16)17)6-18-11(10)19-9-3-1-2-7(4-9)12(20)21/h5-7,9H,1-4H2,(H,18,19)(H,20,21). The molecule has 1 aromatic heterocycles. The minimum absolute atomic E-state index is 0.123. The zero-order valence-corrected chi connectivity index (χ0v) is 11.7. The minimum atomic E-state index is -4.49. The van der Waals surface area contributed by atoms with Gasteiger partial charge < -0.3 is 10.4 Å². The van der Waals surface area contributed by atoms with Crippen molar-refractivity contribution in [3.05, 3.63) is 22.8 Å². The minimum Gasteiger partial charge on any atom is -0.481 e. The summed E-state index contributed by atoms with van der Waals surface area (Å²) in [6.07, 6.45) is -1.27. The zero-order chi connectivity index (χ0) is 15.6. The third kappa shape index (κ3) is 4.00. The van der Waals surface area contributed by atoms with Gasteiger partial charge in [0.1, 0.15) is 5.82 Å². The molecule has 0 aromatic carbocycles. The third-order valence-corrected chi connectivity index (χ3v) is 3.82. The van der Waals surface area contributed by atoms with Gasteiger partial charge in [0.25, 0.3) is 0 Å². The van der Waals surface area contributed by atoms with Crippen molar-refractivity contribution in [2.45, 2.75) is 37.9 Å². The van der Waals surface area contributed by atoms with E-state index in [4.69, 9.17) is 16.7 Å². The number of pyridine rings is 1. The Bertz CT molecular complexity index is 537. The van der Waals surface area contributed by atoms with Crippen molar-refractivity contribution in [3.8, 4) is 0 Å². The van der Waals surface area contributed by atoms with Crippen LogP contribution >= 0.6 is 11.6 Å². The van der Waals surface area contributed by atoms with Crippen LogP contribution in [-0.2, 0) is 11.0 Å². The fourth-order valence-corrected chi connectivity index (χ4v) is 2.66. The normalized spacial score (nSPS) is 22.9. The second kappa shape index (κ2) is 6.09. The predicted molar refractivity (Wildman–Crippen MR) is 71.3 cm³/mol. The van der Waals surface area contributed by atoms with Crippen molar-refractivity contribution in [2.24, 2.45) is 5.92 Å². The SMILES string of the molecule is O=C(O)C1CCCC(Nc2ncc(C(F)(F)F)cc2Cl)C1. The van der Waals surface area contributed by atoms with Crippen LogP contribution in [-0.4, -0.2) is 22.1 Å². The fourth-order valence-electron chi connectivity index (χ4n) is 2.44. The van der Waals surface area contributed by atoms with Crippen LogP contribution in [0.15, 0.2) is 12.3 Å². The first-order chi connectivity index (χ1) is 9.77. The summed E-state index contributed by atoms with van der Waals surface area (Å²) in [6, 6.07) is 0.663. The number of alkyl halides is 3. The number of aliphatic carboxylic acids is 1. The average Bonchev–Trinajstić information content (AvgIpc) is 2.40. The van der Waals surface area contributed by atoms with Crippen LogP contribution in [0.2, 0.25) is 5.02 Å². The summed E-state index contributed by atoms with van der Waals surface area (Å²) < 4.78 is 37.5. The van der Waals surface area contributed by atoms with Crippen molar-refractivity contribution in [1.82, 2.24) is 4.98 Å². The van der Waals surface area contributed by atoms with Gasteiger partial charge in [0.15, 0.2) is 0 Å². The van der Waals surface area contributed by atoms with Crippen LogP contribution < -0.4 is 5.32 Å². The van der Waals surface area contributed by atoms with Gasteiger partial charge in [-0.3, -0.25) is 4.79 Å². The number of carboxylic acid groups (broad SMARTS) is 1. The van der Waals surface area contributed by atoms with Crippen molar-refractivity contribution < 1.29 is 23.1 Å². The molecular formula is C13H14ClF3N2O2. The van der Waals surface area contributed by atoms with Crippen LogP contribution in [0.3, 0.4) is 0 Å². The Hall–Kier alpha value is -1.50. The van der Waals surface area contributed by atoms with Crippen LogP contribution in [0.25, 0.3) is 0 Å². The van der Waals surface area contributed by atoms with Crippen LogP contribution in [0.4, 0.5) is 19.0 Å². The van der Waals surface area contributed by atoms with Gasteiger partial charge in [0, 0.05) is 12.2 Å². The Morgan fingerprint density at radius 1 is 1.43 bits per heavy atom. The van der Waals surface area contributed by atoms with E-state index in [0.717, 1.165) is 18.9 Å². The number of hydrogen-bond donors (Lipinski definition) is 2.